The van der Waals surface area contributed by atoms with Gasteiger partial charge in [-0.3, -0.25) is 0 Å². The number of allylic oxidation sites excluding steroid dienone is 3. The Bertz CT molecular complexity index is 159. The lowest BCUT2D eigenvalue weighted by Gasteiger charge is -1.98. The number of aldehydes is 1. The zero-order valence-electron chi connectivity index (χ0n) is 9.08. The summed E-state index contributed by atoms with van der Waals surface area (Å²) in [5.74, 6) is 0. The van der Waals surface area contributed by atoms with Crippen molar-refractivity contribution < 1.29 is 4.79 Å². The van der Waals surface area contributed by atoms with Crippen LogP contribution < -0.4 is 0 Å². The molecule has 0 atom stereocenters. The first kappa shape index (κ1) is 13.2. The van der Waals surface area contributed by atoms with Crippen LogP contribution in [0, 0.1) is 0 Å². The zero-order valence-corrected chi connectivity index (χ0v) is 9.08. The van der Waals surface area contributed by atoms with Gasteiger partial charge in [0.1, 0.15) is 6.29 Å². The predicted octanol–water partition coefficient (Wildman–Crippen LogP) is 4.05. The van der Waals surface area contributed by atoms with Crippen molar-refractivity contribution in [3.05, 3.63) is 24.8 Å². The molecule has 0 aromatic carbocycles. The van der Waals surface area contributed by atoms with Crippen LogP contribution in [0.1, 0.15) is 51.4 Å². The Morgan fingerprint density at radius 3 is 2.00 bits per heavy atom. The normalized spacial score (nSPS) is 10.6. The van der Waals surface area contributed by atoms with Crippen molar-refractivity contribution in [2.45, 2.75) is 51.4 Å². The lowest BCUT2D eigenvalue weighted by atomic mass is 10.1. The van der Waals surface area contributed by atoms with E-state index in [-0.39, 0.29) is 0 Å². The molecule has 0 N–H and O–H groups in total. The van der Waals surface area contributed by atoms with E-state index in [1.165, 1.54) is 38.5 Å². The first-order valence-corrected chi connectivity index (χ1v) is 5.63. The number of rotatable bonds is 10. The summed E-state index contributed by atoms with van der Waals surface area (Å²) in [6.45, 7) is 3.62. The predicted molar refractivity (Wildman–Crippen MR) is 62.3 cm³/mol. The number of unbranched alkanes of at least 4 members (excludes halogenated alkanes) is 7. The van der Waals surface area contributed by atoms with E-state index in [1.807, 2.05) is 12.2 Å². The molecule has 14 heavy (non-hydrogen) atoms. The summed E-state index contributed by atoms with van der Waals surface area (Å²) in [5, 5.41) is 0. The number of hydrogen-bond donors (Lipinski definition) is 0. The second-order valence-electron chi connectivity index (χ2n) is 3.53. The van der Waals surface area contributed by atoms with E-state index in [2.05, 4.69) is 12.7 Å². The van der Waals surface area contributed by atoms with Gasteiger partial charge in [-0.15, -0.1) is 0 Å². The van der Waals surface area contributed by atoms with Gasteiger partial charge < -0.3 is 4.79 Å². The largest absolute Gasteiger partial charge is 0.303 e. The van der Waals surface area contributed by atoms with Gasteiger partial charge in [0, 0.05) is 6.42 Å². The van der Waals surface area contributed by atoms with Crippen molar-refractivity contribution in [3.63, 3.8) is 0 Å². The van der Waals surface area contributed by atoms with Crippen LogP contribution in [0.3, 0.4) is 0 Å². The summed E-state index contributed by atoms with van der Waals surface area (Å²) in [6.07, 6.45) is 16.4. The van der Waals surface area contributed by atoms with Gasteiger partial charge in [0.05, 0.1) is 0 Å². The Balaban J connectivity index is 2.95. The van der Waals surface area contributed by atoms with Crippen LogP contribution in [0.5, 0.6) is 0 Å². The van der Waals surface area contributed by atoms with Crippen molar-refractivity contribution in [2.75, 3.05) is 0 Å². The minimum atomic E-state index is 0.738. The summed E-state index contributed by atoms with van der Waals surface area (Å²) >= 11 is 0. The molecule has 0 saturated heterocycles. The van der Waals surface area contributed by atoms with Crippen LogP contribution in [0.2, 0.25) is 0 Å². The van der Waals surface area contributed by atoms with Gasteiger partial charge in [-0.1, -0.05) is 50.5 Å². The molecule has 0 aliphatic carbocycles. The summed E-state index contributed by atoms with van der Waals surface area (Å²) in [4.78, 5) is 10.0. The van der Waals surface area contributed by atoms with Gasteiger partial charge in [-0.25, -0.2) is 0 Å². The van der Waals surface area contributed by atoms with E-state index in [0.29, 0.717) is 0 Å². The highest BCUT2D eigenvalue weighted by atomic mass is 16.1. The Morgan fingerprint density at radius 2 is 1.43 bits per heavy atom. The van der Waals surface area contributed by atoms with E-state index in [4.69, 9.17) is 0 Å². The van der Waals surface area contributed by atoms with Crippen LogP contribution in [-0.2, 0) is 4.79 Å². The van der Waals surface area contributed by atoms with Gasteiger partial charge in [-0.2, -0.15) is 0 Å². The van der Waals surface area contributed by atoms with E-state index in [9.17, 15) is 4.79 Å². The molecule has 0 amide bonds. The fraction of sp³-hybridized carbons (Fsp3) is 0.615. The highest BCUT2D eigenvalue weighted by molar-refractivity contribution is 5.48. The molecule has 0 unspecified atom stereocenters. The molecule has 0 heterocycles. The Labute approximate surface area is 87.9 Å². The fourth-order valence-electron chi connectivity index (χ4n) is 1.39. The van der Waals surface area contributed by atoms with E-state index in [1.54, 1.807) is 0 Å². The lowest BCUT2D eigenvalue weighted by molar-refractivity contribution is -0.107. The van der Waals surface area contributed by atoms with Crippen LogP contribution >= 0.6 is 0 Å². The van der Waals surface area contributed by atoms with Crippen LogP contribution in [0.4, 0.5) is 0 Å². The molecule has 0 bridgehead atoms. The molecule has 0 saturated carbocycles. The Kier molecular flexibility index (Phi) is 11.4. The molecule has 0 spiro atoms. The Morgan fingerprint density at radius 1 is 0.857 bits per heavy atom. The standard InChI is InChI=1S/C13H22O/c1-2-3-4-5-6-7-8-9-10-11-12-13-14/h2-4,13H,1,5-12H2/b4-3+. The maximum atomic E-state index is 10.0. The van der Waals surface area contributed by atoms with Crippen LogP contribution in [-0.4, -0.2) is 6.29 Å². The molecule has 0 rings (SSSR count). The minimum absolute atomic E-state index is 0.738. The highest BCUT2D eigenvalue weighted by Gasteiger charge is 1.89. The molecule has 0 fully saturated rings. The monoisotopic (exact) mass is 194 g/mol. The van der Waals surface area contributed by atoms with E-state index >= 15 is 0 Å². The fourth-order valence-corrected chi connectivity index (χ4v) is 1.39. The molecule has 0 aliphatic rings. The van der Waals surface area contributed by atoms with Gasteiger partial charge >= 0.3 is 0 Å². The van der Waals surface area contributed by atoms with E-state index < -0.39 is 0 Å². The van der Waals surface area contributed by atoms with Gasteiger partial charge in [-0.05, 0) is 19.3 Å². The number of carbonyl (C=O) groups excluding carboxylic acids is 1. The summed E-state index contributed by atoms with van der Waals surface area (Å²) < 4.78 is 0. The van der Waals surface area contributed by atoms with Gasteiger partial charge in [0.15, 0.2) is 0 Å². The average molecular weight is 194 g/mol. The molecule has 0 aromatic rings. The minimum Gasteiger partial charge on any atom is -0.303 e. The Hall–Kier alpha value is -0.850. The van der Waals surface area contributed by atoms with Gasteiger partial charge in [0.2, 0.25) is 0 Å². The summed E-state index contributed by atoms with van der Waals surface area (Å²) in [5.41, 5.74) is 0. The SMILES string of the molecule is C=C/C=C/CCCCCCCCC=O. The van der Waals surface area contributed by atoms with Crippen LogP contribution in [0.15, 0.2) is 24.8 Å². The first-order chi connectivity index (χ1) is 6.91. The topological polar surface area (TPSA) is 17.1 Å². The molecule has 0 aromatic heterocycles. The molecule has 0 aliphatic heterocycles. The molecule has 80 valence electrons. The lowest BCUT2D eigenvalue weighted by Crippen LogP contribution is -1.80. The number of carbonyl (C=O) groups is 1. The highest BCUT2D eigenvalue weighted by Crippen LogP contribution is 2.08. The van der Waals surface area contributed by atoms with Crippen molar-refractivity contribution in [3.8, 4) is 0 Å². The summed E-state index contributed by atoms with van der Waals surface area (Å²) in [6, 6.07) is 0. The third kappa shape index (κ3) is 11.2. The zero-order chi connectivity index (χ0) is 10.5. The molecule has 1 heteroatoms. The van der Waals surface area contributed by atoms with Crippen molar-refractivity contribution in [1.82, 2.24) is 0 Å². The van der Waals surface area contributed by atoms with E-state index in [0.717, 1.165) is 19.1 Å². The van der Waals surface area contributed by atoms with Gasteiger partial charge in [0.25, 0.3) is 0 Å². The quantitative estimate of drug-likeness (QED) is 0.291. The third-order valence-corrected chi connectivity index (χ3v) is 2.21. The van der Waals surface area contributed by atoms with Crippen molar-refractivity contribution >= 4 is 6.29 Å². The maximum absolute atomic E-state index is 10.0. The molecule has 1 nitrogen and oxygen atoms in total. The number of hydrogen-bond acceptors (Lipinski definition) is 1. The molecular formula is C13H22O. The summed E-state index contributed by atoms with van der Waals surface area (Å²) in [7, 11) is 0. The molecular weight excluding hydrogens is 172 g/mol. The maximum Gasteiger partial charge on any atom is 0.119 e. The average Bonchev–Trinajstić information content (AvgIpc) is 2.21. The molecule has 0 radical (unpaired) electrons. The third-order valence-electron chi connectivity index (χ3n) is 2.21. The second-order valence-corrected chi connectivity index (χ2v) is 3.53. The first-order valence-electron chi connectivity index (χ1n) is 5.63. The smallest absolute Gasteiger partial charge is 0.119 e. The second kappa shape index (κ2) is 12.2. The van der Waals surface area contributed by atoms with Crippen molar-refractivity contribution in [2.24, 2.45) is 0 Å². The van der Waals surface area contributed by atoms with Crippen molar-refractivity contribution in [1.29, 1.82) is 0 Å². The van der Waals surface area contributed by atoms with Crippen LogP contribution in [0.25, 0.3) is 0 Å².